The van der Waals surface area contributed by atoms with Gasteiger partial charge < -0.3 is 9.47 Å². The zero-order valence-electron chi connectivity index (χ0n) is 12.2. The zero-order valence-corrected chi connectivity index (χ0v) is 13.0. The number of hydrogen-bond donors (Lipinski definition) is 0. The molecule has 126 valence electrons. The van der Waals surface area contributed by atoms with Crippen LogP contribution < -0.4 is 4.74 Å². The van der Waals surface area contributed by atoms with Gasteiger partial charge in [0.15, 0.2) is 0 Å². The Bertz CT molecular complexity index is 747. The fraction of sp³-hybridized carbons (Fsp3) is 0.133. The van der Waals surface area contributed by atoms with Crippen LogP contribution in [-0.2, 0) is 10.9 Å². The number of halogens is 3. The number of rotatable bonds is 3. The quantitative estimate of drug-likeness (QED) is 0.466. The molecule has 0 N–H and O–H groups in total. The maximum absolute atomic E-state index is 12.4. The van der Waals surface area contributed by atoms with Gasteiger partial charge in [0.25, 0.3) is 0 Å². The van der Waals surface area contributed by atoms with Crippen LogP contribution in [0.4, 0.5) is 18.0 Å². The van der Waals surface area contributed by atoms with Crippen molar-refractivity contribution < 1.29 is 32.2 Å². The van der Waals surface area contributed by atoms with E-state index in [0.717, 1.165) is 6.07 Å². The molecule has 0 unspecified atom stereocenters. The summed E-state index contributed by atoms with van der Waals surface area (Å²) in [6.45, 7) is 0. The minimum atomic E-state index is -4.61. The number of esters is 1. The highest BCUT2D eigenvalue weighted by molar-refractivity contribution is 8.13. The minimum absolute atomic E-state index is 0.267. The highest BCUT2D eigenvalue weighted by Crippen LogP contribution is 2.30. The summed E-state index contributed by atoms with van der Waals surface area (Å²) in [4.78, 5) is 27.1. The average Bonchev–Trinajstić information content (AvgIpc) is 2.54. The molecule has 0 aliphatic rings. The summed E-state index contributed by atoms with van der Waals surface area (Å²) in [5.41, 5.74) is -1.41. The second kappa shape index (κ2) is 7.35. The minimum Gasteiger partial charge on any atom is -0.496 e. The van der Waals surface area contributed by atoms with Crippen LogP contribution in [0, 0.1) is 0 Å². The van der Waals surface area contributed by atoms with Crippen molar-refractivity contribution >= 4 is 23.0 Å². The third-order valence-corrected chi connectivity index (χ3v) is 3.54. The highest BCUT2D eigenvalue weighted by atomic mass is 32.2. The molecule has 0 radical (unpaired) electrons. The molecule has 5 nitrogen and oxygen atoms in total. The summed E-state index contributed by atoms with van der Waals surface area (Å²) in [7, 11) is 1.42. The first-order valence-corrected chi connectivity index (χ1v) is 7.23. The molecule has 0 saturated carbocycles. The van der Waals surface area contributed by atoms with Crippen molar-refractivity contribution in [2.75, 3.05) is 7.11 Å². The number of benzene rings is 1. The lowest BCUT2D eigenvalue weighted by molar-refractivity contribution is -0.141. The maximum Gasteiger partial charge on any atom is 0.433 e. The van der Waals surface area contributed by atoms with E-state index in [2.05, 4.69) is 9.72 Å². The summed E-state index contributed by atoms with van der Waals surface area (Å²) in [5, 5.41) is -0.940. The number of pyridine rings is 1. The molecule has 0 aliphatic heterocycles. The Morgan fingerprint density at radius 3 is 2.42 bits per heavy atom. The van der Waals surface area contributed by atoms with E-state index in [-0.39, 0.29) is 5.56 Å². The van der Waals surface area contributed by atoms with Gasteiger partial charge in [-0.15, -0.1) is 0 Å². The SMILES string of the molecule is COc1ccccc1SC(=O)OC(=O)c1ccc(C(F)(F)F)nc1. The Labute approximate surface area is 138 Å². The van der Waals surface area contributed by atoms with Crippen LogP contribution in [0.5, 0.6) is 5.75 Å². The molecule has 0 amide bonds. The first-order valence-electron chi connectivity index (χ1n) is 6.41. The van der Waals surface area contributed by atoms with Crippen LogP contribution >= 0.6 is 11.8 Å². The van der Waals surface area contributed by atoms with Crippen LogP contribution in [0.15, 0.2) is 47.5 Å². The topological polar surface area (TPSA) is 65.5 Å². The van der Waals surface area contributed by atoms with Crippen LogP contribution in [0.2, 0.25) is 0 Å². The molecule has 9 heteroatoms. The molecular formula is C15H10F3NO4S. The number of nitrogens with zero attached hydrogens (tertiary/aromatic N) is 1. The lowest BCUT2D eigenvalue weighted by Crippen LogP contribution is -2.12. The normalized spacial score (nSPS) is 11.0. The highest BCUT2D eigenvalue weighted by Gasteiger charge is 2.32. The van der Waals surface area contributed by atoms with Crippen molar-refractivity contribution in [3.8, 4) is 5.75 Å². The number of carbonyl (C=O) groups excluding carboxylic acids is 2. The molecule has 1 heterocycles. The van der Waals surface area contributed by atoms with Crippen molar-refractivity contribution in [2.24, 2.45) is 0 Å². The monoisotopic (exact) mass is 357 g/mol. The van der Waals surface area contributed by atoms with Gasteiger partial charge in [0.05, 0.1) is 17.6 Å². The number of aromatic nitrogens is 1. The molecule has 0 bridgehead atoms. The summed E-state index contributed by atoms with van der Waals surface area (Å²) < 4.78 is 46.8. The van der Waals surface area contributed by atoms with Gasteiger partial charge in [-0.25, -0.2) is 9.59 Å². The van der Waals surface area contributed by atoms with Crippen LogP contribution in [0.3, 0.4) is 0 Å². The third-order valence-electron chi connectivity index (χ3n) is 2.73. The van der Waals surface area contributed by atoms with Gasteiger partial charge in [0.1, 0.15) is 11.4 Å². The Balaban J connectivity index is 2.02. The number of carbonyl (C=O) groups is 2. The van der Waals surface area contributed by atoms with E-state index < -0.39 is 23.1 Å². The molecule has 2 rings (SSSR count). The summed E-state index contributed by atoms with van der Waals surface area (Å²) in [6.07, 6.45) is -3.91. The molecule has 1 aromatic heterocycles. The van der Waals surface area contributed by atoms with Crippen molar-refractivity contribution in [3.63, 3.8) is 0 Å². The van der Waals surface area contributed by atoms with Gasteiger partial charge in [0, 0.05) is 6.20 Å². The predicted octanol–water partition coefficient (Wildman–Crippen LogP) is 4.18. The van der Waals surface area contributed by atoms with E-state index >= 15 is 0 Å². The smallest absolute Gasteiger partial charge is 0.433 e. The van der Waals surface area contributed by atoms with Gasteiger partial charge in [-0.3, -0.25) is 4.98 Å². The van der Waals surface area contributed by atoms with E-state index in [9.17, 15) is 22.8 Å². The van der Waals surface area contributed by atoms with E-state index in [1.54, 1.807) is 24.3 Å². The number of hydrogen-bond acceptors (Lipinski definition) is 6. The van der Waals surface area contributed by atoms with E-state index in [4.69, 9.17) is 4.74 Å². The van der Waals surface area contributed by atoms with Crippen LogP contribution in [-0.4, -0.2) is 23.4 Å². The Kier molecular flexibility index (Phi) is 5.45. The van der Waals surface area contributed by atoms with Gasteiger partial charge in [-0.1, -0.05) is 12.1 Å². The second-order valence-corrected chi connectivity index (χ2v) is 5.30. The Morgan fingerprint density at radius 1 is 1.12 bits per heavy atom. The Hall–Kier alpha value is -2.55. The molecule has 0 saturated heterocycles. The summed E-state index contributed by atoms with van der Waals surface area (Å²) in [6, 6.07) is 8.10. The lowest BCUT2D eigenvalue weighted by atomic mass is 10.2. The van der Waals surface area contributed by atoms with E-state index in [0.29, 0.717) is 34.7 Å². The number of ether oxygens (including phenoxy) is 2. The zero-order chi connectivity index (χ0) is 17.7. The van der Waals surface area contributed by atoms with Gasteiger partial charge in [-0.05, 0) is 36.0 Å². The summed E-state index contributed by atoms with van der Waals surface area (Å²) >= 11 is 0.618. The molecule has 0 fully saturated rings. The molecule has 1 aromatic carbocycles. The molecular weight excluding hydrogens is 347 g/mol. The largest absolute Gasteiger partial charge is 0.496 e. The lowest BCUT2D eigenvalue weighted by Gasteiger charge is -2.07. The molecule has 0 spiro atoms. The molecule has 0 atom stereocenters. The first kappa shape index (κ1) is 17.8. The predicted molar refractivity (Wildman–Crippen MR) is 78.9 cm³/mol. The number of para-hydroxylation sites is 1. The average molecular weight is 357 g/mol. The maximum atomic E-state index is 12.4. The first-order chi connectivity index (χ1) is 11.3. The van der Waals surface area contributed by atoms with Crippen molar-refractivity contribution in [1.29, 1.82) is 0 Å². The summed E-state index contributed by atoms with van der Waals surface area (Å²) in [5.74, 6) is -0.674. The van der Waals surface area contributed by atoms with Crippen molar-refractivity contribution in [3.05, 3.63) is 53.9 Å². The van der Waals surface area contributed by atoms with Crippen LogP contribution in [0.1, 0.15) is 16.1 Å². The molecule has 0 aliphatic carbocycles. The fourth-order valence-electron chi connectivity index (χ4n) is 1.63. The van der Waals surface area contributed by atoms with Crippen molar-refractivity contribution in [2.45, 2.75) is 11.1 Å². The van der Waals surface area contributed by atoms with Crippen LogP contribution in [0.25, 0.3) is 0 Å². The van der Waals surface area contributed by atoms with E-state index in [1.165, 1.54) is 7.11 Å². The van der Waals surface area contributed by atoms with E-state index in [1.807, 2.05) is 0 Å². The van der Waals surface area contributed by atoms with Gasteiger partial charge in [-0.2, -0.15) is 13.2 Å². The fourth-order valence-corrected chi connectivity index (χ4v) is 2.33. The van der Waals surface area contributed by atoms with Crippen molar-refractivity contribution in [1.82, 2.24) is 4.98 Å². The third kappa shape index (κ3) is 4.48. The molecule has 2 aromatic rings. The molecule has 24 heavy (non-hydrogen) atoms. The standard InChI is InChI=1S/C15H10F3NO4S/c1-22-10-4-2-3-5-11(10)24-14(21)23-13(20)9-6-7-12(19-8-9)15(16,17)18/h2-8H,1H3. The Morgan fingerprint density at radius 2 is 1.83 bits per heavy atom. The number of methoxy groups -OCH3 is 1. The second-order valence-electron chi connectivity index (χ2n) is 4.32. The number of alkyl halides is 3. The number of thioether (sulfide) groups is 1. The van der Waals surface area contributed by atoms with Gasteiger partial charge >= 0.3 is 17.4 Å². The van der Waals surface area contributed by atoms with Gasteiger partial charge in [0.2, 0.25) is 0 Å².